The maximum absolute atomic E-state index is 4.33. The van der Waals surface area contributed by atoms with Crippen LogP contribution in [-0.4, -0.2) is 16.9 Å². The molecule has 17 heavy (non-hydrogen) atoms. The Bertz CT molecular complexity index is 468. The summed E-state index contributed by atoms with van der Waals surface area (Å²) in [6, 6.07) is 12.3. The number of aromatic nitrogens is 2. The average molecular weight is 228 g/mol. The zero-order valence-electron chi connectivity index (χ0n) is 10.4. The van der Waals surface area contributed by atoms with E-state index in [9.17, 15) is 0 Å². The lowest BCUT2D eigenvalue weighted by atomic mass is 10.3. The van der Waals surface area contributed by atoms with Gasteiger partial charge in [-0.2, -0.15) is 0 Å². The second-order valence-corrected chi connectivity index (χ2v) is 4.30. The van der Waals surface area contributed by atoms with E-state index in [-0.39, 0.29) is 0 Å². The van der Waals surface area contributed by atoms with Crippen LogP contribution in [0.4, 0.5) is 0 Å². The van der Waals surface area contributed by atoms with Crippen LogP contribution in [0, 0.1) is 0 Å². The van der Waals surface area contributed by atoms with Gasteiger partial charge in [0.2, 0.25) is 0 Å². The van der Waals surface area contributed by atoms with Gasteiger partial charge in [0.05, 0.1) is 12.2 Å². The van der Waals surface area contributed by atoms with Gasteiger partial charge in [0.1, 0.15) is 7.05 Å². The molecule has 0 saturated heterocycles. The minimum atomic E-state index is 0.871. The third-order valence-corrected chi connectivity index (χ3v) is 2.75. The van der Waals surface area contributed by atoms with Gasteiger partial charge >= 0.3 is 0 Å². The Morgan fingerprint density at radius 2 is 1.94 bits per heavy atom. The van der Waals surface area contributed by atoms with E-state index in [1.54, 1.807) is 0 Å². The molecule has 2 heterocycles. The van der Waals surface area contributed by atoms with Crippen molar-refractivity contribution >= 4 is 0 Å². The standard InChI is InChI=1S/C14H18N3/c1-16(11-13-7-3-5-9-15-13)12-14-8-4-6-10-17(14)2/h3-10H,11-12H2,1-2H3/q+1. The molecule has 2 aromatic heterocycles. The van der Waals surface area contributed by atoms with Crippen molar-refractivity contribution in [3.05, 3.63) is 60.2 Å². The smallest absolute Gasteiger partial charge is 0.195 e. The quantitative estimate of drug-likeness (QED) is 0.740. The maximum atomic E-state index is 4.33. The summed E-state index contributed by atoms with van der Waals surface area (Å²) in [6.45, 7) is 1.80. The summed E-state index contributed by atoms with van der Waals surface area (Å²) in [5, 5.41) is 0. The van der Waals surface area contributed by atoms with Gasteiger partial charge in [0.15, 0.2) is 11.9 Å². The van der Waals surface area contributed by atoms with E-state index in [1.807, 2.05) is 24.4 Å². The fraction of sp³-hybridized carbons (Fsp3) is 0.286. The number of aryl methyl sites for hydroxylation is 1. The third-order valence-electron chi connectivity index (χ3n) is 2.75. The van der Waals surface area contributed by atoms with E-state index >= 15 is 0 Å². The minimum Gasteiger partial charge on any atom is -0.291 e. The molecular formula is C14H18N3+. The summed E-state index contributed by atoms with van der Waals surface area (Å²) < 4.78 is 2.15. The molecule has 2 aromatic rings. The molecule has 0 fully saturated rings. The Morgan fingerprint density at radius 1 is 1.12 bits per heavy atom. The molecule has 0 unspecified atom stereocenters. The highest BCUT2D eigenvalue weighted by molar-refractivity contribution is 5.03. The fourth-order valence-electron chi connectivity index (χ4n) is 1.82. The Hall–Kier alpha value is -1.74. The van der Waals surface area contributed by atoms with Gasteiger partial charge in [0, 0.05) is 24.9 Å². The highest BCUT2D eigenvalue weighted by Crippen LogP contribution is 2.02. The van der Waals surface area contributed by atoms with Crippen LogP contribution in [0.2, 0.25) is 0 Å². The summed E-state index contributed by atoms with van der Waals surface area (Å²) in [5.74, 6) is 0. The summed E-state index contributed by atoms with van der Waals surface area (Å²) in [7, 11) is 4.19. The number of hydrogen-bond donors (Lipinski definition) is 0. The van der Waals surface area contributed by atoms with Crippen molar-refractivity contribution in [1.29, 1.82) is 0 Å². The lowest BCUT2D eigenvalue weighted by Crippen LogP contribution is -2.35. The monoisotopic (exact) mass is 228 g/mol. The predicted octanol–water partition coefficient (Wildman–Crippen LogP) is 1.54. The molecule has 88 valence electrons. The van der Waals surface area contributed by atoms with Crippen LogP contribution < -0.4 is 4.57 Å². The Balaban J connectivity index is 1.98. The second-order valence-electron chi connectivity index (χ2n) is 4.30. The lowest BCUT2D eigenvalue weighted by molar-refractivity contribution is -0.680. The van der Waals surface area contributed by atoms with Crippen LogP contribution in [0.25, 0.3) is 0 Å². The van der Waals surface area contributed by atoms with Crippen molar-refractivity contribution in [2.24, 2.45) is 7.05 Å². The Labute approximate surface area is 102 Å². The molecule has 0 aliphatic rings. The molecule has 0 atom stereocenters. The first-order chi connectivity index (χ1) is 8.25. The lowest BCUT2D eigenvalue weighted by Gasteiger charge is -2.14. The van der Waals surface area contributed by atoms with Crippen molar-refractivity contribution in [1.82, 2.24) is 9.88 Å². The van der Waals surface area contributed by atoms with Crippen molar-refractivity contribution in [2.75, 3.05) is 7.05 Å². The van der Waals surface area contributed by atoms with Gasteiger partial charge in [-0.05, 0) is 19.2 Å². The van der Waals surface area contributed by atoms with Gasteiger partial charge in [-0.15, -0.1) is 0 Å². The summed E-state index contributed by atoms with van der Waals surface area (Å²) in [4.78, 5) is 6.60. The highest BCUT2D eigenvalue weighted by Gasteiger charge is 2.09. The number of rotatable bonds is 4. The SMILES string of the molecule is CN(Cc1ccccn1)Cc1cccc[n+]1C. The molecule has 0 spiro atoms. The van der Waals surface area contributed by atoms with Crippen molar-refractivity contribution in [2.45, 2.75) is 13.1 Å². The van der Waals surface area contributed by atoms with Gasteiger partial charge in [0.25, 0.3) is 0 Å². The molecular weight excluding hydrogens is 210 g/mol. The first kappa shape index (κ1) is 11.7. The van der Waals surface area contributed by atoms with Gasteiger partial charge in [-0.1, -0.05) is 12.1 Å². The molecule has 0 aromatic carbocycles. The van der Waals surface area contributed by atoms with Crippen molar-refractivity contribution < 1.29 is 4.57 Å². The number of nitrogens with zero attached hydrogens (tertiary/aromatic N) is 3. The first-order valence-electron chi connectivity index (χ1n) is 5.77. The van der Waals surface area contributed by atoms with Crippen molar-refractivity contribution in [3.63, 3.8) is 0 Å². The predicted molar refractivity (Wildman–Crippen MR) is 67.0 cm³/mol. The third kappa shape index (κ3) is 3.36. The van der Waals surface area contributed by atoms with Crippen LogP contribution in [0.3, 0.4) is 0 Å². The maximum Gasteiger partial charge on any atom is 0.195 e. The molecule has 0 aliphatic carbocycles. The van der Waals surface area contributed by atoms with Crippen LogP contribution in [0.1, 0.15) is 11.4 Å². The van der Waals surface area contributed by atoms with E-state index in [1.165, 1.54) is 5.69 Å². The second kappa shape index (κ2) is 5.55. The minimum absolute atomic E-state index is 0.871. The van der Waals surface area contributed by atoms with Crippen LogP contribution >= 0.6 is 0 Å². The van der Waals surface area contributed by atoms with Crippen LogP contribution in [0.5, 0.6) is 0 Å². The molecule has 0 N–H and O–H groups in total. The van der Waals surface area contributed by atoms with Gasteiger partial charge < -0.3 is 0 Å². The fourth-order valence-corrected chi connectivity index (χ4v) is 1.82. The largest absolute Gasteiger partial charge is 0.291 e. The Morgan fingerprint density at radius 3 is 2.65 bits per heavy atom. The molecule has 0 aliphatic heterocycles. The average Bonchev–Trinajstić information content (AvgIpc) is 2.33. The Kier molecular flexibility index (Phi) is 3.83. The molecule has 0 amide bonds. The first-order valence-corrected chi connectivity index (χ1v) is 5.77. The summed E-state index contributed by atoms with van der Waals surface area (Å²) in [6.07, 6.45) is 3.91. The zero-order chi connectivity index (χ0) is 12.1. The van der Waals surface area contributed by atoms with Gasteiger partial charge in [-0.25, -0.2) is 4.57 Å². The highest BCUT2D eigenvalue weighted by atomic mass is 15.1. The van der Waals surface area contributed by atoms with Crippen molar-refractivity contribution in [3.8, 4) is 0 Å². The molecule has 3 heteroatoms. The van der Waals surface area contributed by atoms with E-state index in [4.69, 9.17) is 0 Å². The molecule has 0 saturated carbocycles. The molecule has 0 radical (unpaired) electrons. The van der Waals surface area contributed by atoms with E-state index in [2.05, 4.69) is 52.9 Å². The number of hydrogen-bond acceptors (Lipinski definition) is 2. The normalized spacial score (nSPS) is 10.8. The molecule has 0 bridgehead atoms. The molecule has 2 rings (SSSR count). The van der Waals surface area contributed by atoms with Crippen LogP contribution in [0.15, 0.2) is 48.8 Å². The topological polar surface area (TPSA) is 20.0 Å². The molecule has 3 nitrogen and oxygen atoms in total. The van der Waals surface area contributed by atoms with E-state index in [0.29, 0.717) is 0 Å². The van der Waals surface area contributed by atoms with E-state index in [0.717, 1.165) is 18.8 Å². The summed E-state index contributed by atoms with van der Waals surface area (Å²) in [5.41, 5.74) is 2.40. The van der Waals surface area contributed by atoms with Gasteiger partial charge in [-0.3, -0.25) is 9.88 Å². The van der Waals surface area contributed by atoms with E-state index < -0.39 is 0 Å². The zero-order valence-corrected chi connectivity index (χ0v) is 10.4. The van der Waals surface area contributed by atoms with Crippen LogP contribution in [-0.2, 0) is 20.1 Å². The number of pyridine rings is 2. The summed E-state index contributed by atoms with van der Waals surface area (Å²) >= 11 is 0.